The maximum absolute atomic E-state index is 12.0. The van der Waals surface area contributed by atoms with Gasteiger partial charge in [0, 0.05) is 31.6 Å². The van der Waals surface area contributed by atoms with Gasteiger partial charge in [0.05, 0.1) is 13.2 Å². The molecule has 0 aliphatic heterocycles. The predicted molar refractivity (Wildman–Crippen MR) is 89.8 cm³/mol. The van der Waals surface area contributed by atoms with Gasteiger partial charge in [-0.05, 0) is 17.0 Å². The van der Waals surface area contributed by atoms with Gasteiger partial charge in [0.25, 0.3) is 0 Å². The van der Waals surface area contributed by atoms with Crippen LogP contribution in [0.5, 0.6) is 0 Å². The highest BCUT2D eigenvalue weighted by atomic mass is 32.1. The third-order valence-corrected chi connectivity index (χ3v) is 4.07. The molecule has 0 atom stereocenters. The van der Waals surface area contributed by atoms with Gasteiger partial charge in [0.1, 0.15) is 0 Å². The molecule has 0 aliphatic rings. The lowest BCUT2D eigenvalue weighted by Crippen LogP contribution is -2.37. The highest BCUT2D eigenvalue weighted by Crippen LogP contribution is 2.14. The van der Waals surface area contributed by atoms with Gasteiger partial charge < -0.3 is 10.1 Å². The first-order valence-electron chi connectivity index (χ1n) is 7.32. The molecular formula is C17H22N2O2S. The van der Waals surface area contributed by atoms with Gasteiger partial charge in [-0.2, -0.15) is 0 Å². The van der Waals surface area contributed by atoms with Crippen LogP contribution < -0.4 is 5.32 Å². The zero-order chi connectivity index (χ0) is 15.6. The van der Waals surface area contributed by atoms with E-state index in [0.717, 1.165) is 13.1 Å². The fourth-order valence-electron chi connectivity index (χ4n) is 2.18. The second-order valence-corrected chi connectivity index (χ2v) is 6.09. The summed E-state index contributed by atoms with van der Waals surface area (Å²) >= 11 is 1.72. The van der Waals surface area contributed by atoms with E-state index in [0.29, 0.717) is 19.7 Å². The number of hydrogen-bond donors (Lipinski definition) is 1. The predicted octanol–water partition coefficient (Wildman–Crippen LogP) is 2.51. The molecule has 1 aromatic heterocycles. The molecule has 2 aromatic rings. The Hall–Kier alpha value is -1.69. The van der Waals surface area contributed by atoms with E-state index in [2.05, 4.69) is 33.8 Å². The van der Waals surface area contributed by atoms with E-state index in [-0.39, 0.29) is 5.91 Å². The first kappa shape index (κ1) is 16.7. The Morgan fingerprint density at radius 1 is 1.18 bits per heavy atom. The largest absolute Gasteiger partial charge is 0.383 e. The minimum Gasteiger partial charge on any atom is -0.383 e. The smallest absolute Gasteiger partial charge is 0.234 e. The van der Waals surface area contributed by atoms with E-state index in [1.54, 1.807) is 18.4 Å². The molecule has 2 rings (SSSR count). The number of carbonyl (C=O) groups excluding carboxylic acids is 1. The topological polar surface area (TPSA) is 41.6 Å². The van der Waals surface area contributed by atoms with Crippen molar-refractivity contribution in [2.75, 3.05) is 26.8 Å². The van der Waals surface area contributed by atoms with E-state index in [9.17, 15) is 4.79 Å². The van der Waals surface area contributed by atoms with Crippen molar-refractivity contribution in [2.45, 2.75) is 13.1 Å². The maximum atomic E-state index is 12.0. The number of methoxy groups -OCH3 is 1. The van der Waals surface area contributed by atoms with Gasteiger partial charge in [-0.3, -0.25) is 9.69 Å². The van der Waals surface area contributed by atoms with E-state index in [1.807, 2.05) is 24.3 Å². The summed E-state index contributed by atoms with van der Waals surface area (Å²) in [6.07, 6.45) is 0. The zero-order valence-electron chi connectivity index (χ0n) is 12.8. The van der Waals surface area contributed by atoms with Gasteiger partial charge >= 0.3 is 0 Å². The molecule has 0 spiro atoms. The Labute approximate surface area is 135 Å². The van der Waals surface area contributed by atoms with Gasteiger partial charge in [0.15, 0.2) is 0 Å². The van der Waals surface area contributed by atoms with Crippen molar-refractivity contribution >= 4 is 17.2 Å². The number of carbonyl (C=O) groups is 1. The lowest BCUT2D eigenvalue weighted by atomic mass is 10.2. The Kier molecular flexibility index (Phi) is 7.09. The fraction of sp³-hybridized carbons (Fsp3) is 0.353. The molecule has 0 bridgehead atoms. The summed E-state index contributed by atoms with van der Waals surface area (Å²) in [6, 6.07) is 14.4. The molecule has 22 heavy (non-hydrogen) atoms. The molecule has 0 fully saturated rings. The van der Waals surface area contributed by atoms with E-state index >= 15 is 0 Å². The summed E-state index contributed by atoms with van der Waals surface area (Å²) in [7, 11) is 1.63. The van der Waals surface area contributed by atoms with Crippen molar-refractivity contribution in [3.05, 3.63) is 58.3 Å². The number of amides is 1. The van der Waals surface area contributed by atoms with Crippen molar-refractivity contribution in [1.82, 2.24) is 10.2 Å². The molecule has 0 saturated carbocycles. The highest BCUT2D eigenvalue weighted by Gasteiger charge is 2.12. The zero-order valence-corrected chi connectivity index (χ0v) is 13.6. The Balaban J connectivity index is 1.93. The van der Waals surface area contributed by atoms with Crippen molar-refractivity contribution in [3.63, 3.8) is 0 Å². The number of nitrogens with one attached hydrogen (secondary N) is 1. The number of ether oxygens (including phenoxy) is 1. The van der Waals surface area contributed by atoms with Gasteiger partial charge in [-0.15, -0.1) is 11.3 Å². The summed E-state index contributed by atoms with van der Waals surface area (Å²) in [5.41, 5.74) is 1.21. The lowest BCUT2D eigenvalue weighted by molar-refractivity contribution is -0.122. The molecular weight excluding hydrogens is 296 g/mol. The second kappa shape index (κ2) is 9.35. The van der Waals surface area contributed by atoms with Crippen molar-refractivity contribution < 1.29 is 9.53 Å². The Bertz CT molecular complexity index is 543. The summed E-state index contributed by atoms with van der Waals surface area (Å²) in [4.78, 5) is 15.5. The summed E-state index contributed by atoms with van der Waals surface area (Å²) in [5.74, 6) is 0.0320. The first-order valence-corrected chi connectivity index (χ1v) is 8.20. The minimum atomic E-state index is 0.0320. The van der Waals surface area contributed by atoms with E-state index in [4.69, 9.17) is 4.74 Å². The molecule has 0 radical (unpaired) electrons. The van der Waals surface area contributed by atoms with Crippen LogP contribution >= 0.6 is 11.3 Å². The lowest BCUT2D eigenvalue weighted by Gasteiger charge is -2.21. The maximum Gasteiger partial charge on any atom is 0.234 e. The number of thiophene rings is 1. The van der Waals surface area contributed by atoms with Crippen LogP contribution in [-0.2, 0) is 22.6 Å². The molecule has 0 saturated heterocycles. The van der Waals surface area contributed by atoms with Gasteiger partial charge in [-0.25, -0.2) is 0 Å². The molecule has 1 heterocycles. The molecule has 118 valence electrons. The van der Waals surface area contributed by atoms with Crippen LogP contribution in [0.3, 0.4) is 0 Å². The SMILES string of the molecule is COCCNC(=O)CN(Cc1ccccc1)Cc1cccs1. The summed E-state index contributed by atoms with van der Waals surface area (Å²) < 4.78 is 4.95. The van der Waals surface area contributed by atoms with Gasteiger partial charge in [-0.1, -0.05) is 36.4 Å². The first-order chi connectivity index (χ1) is 10.8. The summed E-state index contributed by atoms with van der Waals surface area (Å²) in [6.45, 7) is 3.01. The molecule has 4 nitrogen and oxygen atoms in total. The molecule has 1 aromatic carbocycles. The Morgan fingerprint density at radius 2 is 2.00 bits per heavy atom. The molecule has 1 amide bonds. The highest BCUT2D eigenvalue weighted by molar-refractivity contribution is 7.09. The molecule has 1 N–H and O–H groups in total. The van der Waals surface area contributed by atoms with Gasteiger partial charge in [0.2, 0.25) is 5.91 Å². The number of nitrogens with zero attached hydrogens (tertiary/aromatic N) is 1. The Morgan fingerprint density at radius 3 is 2.68 bits per heavy atom. The van der Waals surface area contributed by atoms with Crippen LogP contribution in [0.4, 0.5) is 0 Å². The minimum absolute atomic E-state index is 0.0320. The van der Waals surface area contributed by atoms with Crippen molar-refractivity contribution in [2.24, 2.45) is 0 Å². The van der Waals surface area contributed by atoms with Crippen LogP contribution in [-0.4, -0.2) is 37.6 Å². The second-order valence-electron chi connectivity index (χ2n) is 5.05. The number of hydrogen-bond acceptors (Lipinski definition) is 4. The van der Waals surface area contributed by atoms with Crippen LogP contribution in [0.1, 0.15) is 10.4 Å². The fourth-order valence-corrected chi connectivity index (χ4v) is 2.93. The van der Waals surface area contributed by atoms with Crippen molar-refractivity contribution in [3.8, 4) is 0 Å². The third-order valence-electron chi connectivity index (χ3n) is 3.20. The average molecular weight is 318 g/mol. The molecule has 5 heteroatoms. The standard InChI is InChI=1S/C17H22N2O2S/c1-21-10-9-18-17(20)14-19(13-16-8-5-11-22-16)12-15-6-3-2-4-7-15/h2-8,11H,9-10,12-14H2,1H3,(H,18,20). The number of rotatable bonds is 9. The van der Waals surface area contributed by atoms with E-state index < -0.39 is 0 Å². The molecule has 0 aliphatic carbocycles. The summed E-state index contributed by atoms with van der Waals surface area (Å²) in [5, 5.41) is 4.94. The number of benzene rings is 1. The quantitative estimate of drug-likeness (QED) is 0.722. The van der Waals surface area contributed by atoms with Crippen LogP contribution in [0.2, 0.25) is 0 Å². The van der Waals surface area contributed by atoms with Crippen LogP contribution in [0.15, 0.2) is 47.8 Å². The van der Waals surface area contributed by atoms with Crippen molar-refractivity contribution in [1.29, 1.82) is 0 Å². The molecule has 0 unspecified atom stereocenters. The van der Waals surface area contributed by atoms with Crippen LogP contribution in [0, 0.1) is 0 Å². The normalized spacial score (nSPS) is 10.8. The third kappa shape index (κ3) is 5.97. The van der Waals surface area contributed by atoms with E-state index in [1.165, 1.54) is 10.4 Å². The average Bonchev–Trinajstić information content (AvgIpc) is 3.01. The van der Waals surface area contributed by atoms with Crippen LogP contribution in [0.25, 0.3) is 0 Å². The monoisotopic (exact) mass is 318 g/mol.